The van der Waals surface area contributed by atoms with Crippen molar-refractivity contribution in [3.05, 3.63) is 27.7 Å². The molecule has 106 valence electrons. The zero-order valence-electron chi connectivity index (χ0n) is 9.54. The minimum Gasteiger partial charge on any atom is -0.508 e. The molecule has 0 aliphatic rings. The highest BCUT2D eigenvalue weighted by molar-refractivity contribution is 9.10. The van der Waals surface area contributed by atoms with Gasteiger partial charge in [-0.3, -0.25) is 4.79 Å². The lowest BCUT2D eigenvalue weighted by Crippen LogP contribution is -2.14. The van der Waals surface area contributed by atoms with Gasteiger partial charge in [-0.25, -0.2) is 0 Å². The first-order valence-electron chi connectivity index (χ1n) is 5.20. The van der Waals surface area contributed by atoms with Gasteiger partial charge < -0.3 is 15.9 Å². The molecule has 0 saturated heterocycles. The minimum absolute atomic E-state index is 0.00212. The van der Waals surface area contributed by atoms with Gasteiger partial charge in [0.15, 0.2) is 0 Å². The molecular weight excluding hydrogens is 331 g/mol. The van der Waals surface area contributed by atoms with Crippen molar-refractivity contribution in [1.29, 1.82) is 0 Å². The van der Waals surface area contributed by atoms with E-state index in [1.54, 1.807) is 0 Å². The Bertz CT molecular complexity index is 468. The smallest absolute Gasteiger partial charge is 0.416 e. The van der Waals surface area contributed by atoms with Crippen LogP contribution in [-0.4, -0.2) is 16.2 Å². The third-order valence-corrected chi connectivity index (χ3v) is 3.13. The summed E-state index contributed by atoms with van der Waals surface area (Å²) in [7, 11) is 0. The summed E-state index contributed by atoms with van der Waals surface area (Å²) in [5.74, 6) is -1.68. The molecule has 0 saturated carbocycles. The van der Waals surface area contributed by atoms with Crippen LogP contribution in [0.5, 0.6) is 5.75 Å². The molecule has 4 nitrogen and oxygen atoms in total. The molecule has 0 amide bonds. The Labute approximate surface area is 115 Å². The van der Waals surface area contributed by atoms with E-state index in [-0.39, 0.29) is 22.9 Å². The lowest BCUT2D eigenvalue weighted by atomic mass is 10.00. The molecule has 0 aromatic heterocycles. The van der Waals surface area contributed by atoms with Gasteiger partial charge in [0.05, 0.1) is 5.56 Å². The van der Waals surface area contributed by atoms with E-state index in [9.17, 15) is 23.1 Å². The summed E-state index contributed by atoms with van der Waals surface area (Å²) >= 11 is 2.91. The van der Waals surface area contributed by atoms with Gasteiger partial charge in [-0.1, -0.05) is 15.9 Å². The van der Waals surface area contributed by atoms with Crippen molar-refractivity contribution < 1.29 is 28.2 Å². The number of rotatable bonds is 4. The number of phenolic OH excluding ortho intramolecular Hbond substituents is 1. The van der Waals surface area contributed by atoms with Crippen molar-refractivity contribution in [1.82, 2.24) is 0 Å². The van der Waals surface area contributed by atoms with E-state index in [0.717, 1.165) is 6.07 Å². The van der Waals surface area contributed by atoms with E-state index in [4.69, 9.17) is 10.8 Å². The van der Waals surface area contributed by atoms with E-state index < -0.39 is 29.5 Å². The van der Waals surface area contributed by atoms with Gasteiger partial charge in [0.1, 0.15) is 5.75 Å². The van der Waals surface area contributed by atoms with Gasteiger partial charge in [0, 0.05) is 22.5 Å². The molecule has 4 N–H and O–H groups in total. The second-order valence-electron chi connectivity index (χ2n) is 3.93. The molecule has 0 heterocycles. The van der Waals surface area contributed by atoms with Crippen molar-refractivity contribution in [3.63, 3.8) is 0 Å². The van der Waals surface area contributed by atoms with E-state index in [1.807, 2.05) is 0 Å². The van der Waals surface area contributed by atoms with Crippen LogP contribution in [0, 0.1) is 0 Å². The summed E-state index contributed by atoms with van der Waals surface area (Å²) in [5, 5.41) is 18.1. The van der Waals surface area contributed by atoms with Crippen LogP contribution < -0.4 is 5.73 Å². The molecule has 0 fully saturated rings. The van der Waals surface area contributed by atoms with Crippen LogP contribution in [0.15, 0.2) is 16.6 Å². The standard InChI is InChI=1S/C11H11BrF3NO3/c12-6-3-5(11(13,14)15)4-8(17)10(6)7(16)1-2-9(18)19/h3-4,7,17H,1-2,16H2,(H,18,19). The van der Waals surface area contributed by atoms with Crippen LogP contribution in [0.25, 0.3) is 0 Å². The Morgan fingerprint density at radius 2 is 2.00 bits per heavy atom. The summed E-state index contributed by atoms with van der Waals surface area (Å²) in [6.45, 7) is 0. The van der Waals surface area contributed by atoms with Crippen LogP contribution in [-0.2, 0) is 11.0 Å². The highest BCUT2D eigenvalue weighted by Gasteiger charge is 2.32. The Balaban J connectivity index is 3.06. The molecule has 1 aromatic rings. The van der Waals surface area contributed by atoms with E-state index in [1.165, 1.54) is 0 Å². The van der Waals surface area contributed by atoms with Crippen LogP contribution in [0.3, 0.4) is 0 Å². The van der Waals surface area contributed by atoms with Crippen molar-refractivity contribution >= 4 is 21.9 Å². The lowest BCUT2D eigenvalue weighted by Gasteiger charge is -2.17. The minimum atomic E-state index is -4.58. The van der Waals surface area contributed by atoms with Gasteiger partial charge >= 0.3 is 12.1 Å². The second-order valence-corrected chi connectivity index (χ2v) is 4.78. The first kappa shape index (κ1) is 15.8. The Morgan fingerprint density at radius 3 is 2.42 bits per heavy atom. The molecule has 0 aliphatic carbocycles. The van der Waals surface area contributed by atoms with Crippen LogP contribution in [0.2, 0.25) is 0 Å². The molecule has 1 rings (SSSR count). The third-order valence-electron chi connectivity index (χ3n) is 2.48. The lowest BCUT2D eigenvalue weighted by molar-refractivity contribution is -0.138. The number of hydrogen-bond donors (Lipinski definition) is 3. The fourth-order valence-corrected chi connectivity index (χ4v) is 2.30. The number of nitrogens with two attached hydrogens (primary N) is 1. The van der Waals surface area contributed by atoms with Crippen LogP contribution >= 0.6 is 15.9 Å². The molecule has 0 bridgehead atoms. The number of carboxylic acid groups (broad SMARTS) is 1. The van der Waals surface area contributed by atoms with E-state index >= 15 is 0 Å². The normalized spacial score (nSPS) is 13.3. The fourth-order valence-electron chi connectivity index (χ4n) is 1.56. The Kier molecular flexibility index (Phi) is 4.81. The monoisotopic (exact) mass is 341 g/mol. The number of phenols is 1. The maximum Gasteiger partial charge on any atom is 0.416 e. The predicted octanol–water partition coefficient (Wildman–Crippen LogP) is 3.04. The number of benzene rings is 1. The molecule has 19 heavy (non-hydrogen) atoms. The number of aliphatic carboxylic acids is 1. The van der Waals surface area contributed by atoms with Crippen molar-refractivity contribution in [2.24, 2.45) is 5.73 Å². The predicted molar refractivity (Wildman–Crippen MR) is 64.6 cm³/mol. The summed E-state index contributed by atoms with van der Waals surface area (Å²) in [6, 6.07) is 0.504. The molecule has 1 aromatic carbocycles. The Morgan fingerprint density at radius 1 is 1.42 bits per heavy atom. The topological polar surface area (TPSA) is 83.6 Å². The largest absolute Gasteiger partial charge is 0.508 e. The first-order valence-corrected chi connectivity index (χ1v) is 5.99. The summed E-state index contributed by atoms with van der Waals surface area (Å²) in [4.78, 5) is 10.4. The van der Waals surface area contributed by atoms with E-state index in [2.05, 4.69) is 15.9 Å². The summed E-state index contributed by atoms with van der Waals surface area (Å²) in [5.41, 5.74) is 4.73. The van der Waals surface area contributed by atoms with E-state index in [0.29, 0.717) is 6.07 Å². The number of carboxylic acids is 1. The van der Waals surface area contributed by atoms with Gasteiger partial charge in [-0.2, -0.15) is 13.2 Å². The van der Waals surface area contributed by atoms with Crippen molar-refractivity contribution in [3.8, 4) is 5.75 Å². The molecule has 0 spiro atoms. The Hall–Kier alpha value is -1.28. The van der Waals surface area contributed by atoms with Crippen molar-refractivity contribution in [2.45, 2.75) is 25.1 Å². The SMILES string of the molecule is NC(CCC(=O)O)c1c(O)cc(C(F)(F)F)cc1Br. The zero-order chi connectivity index (χ0) is 14.8. The van der Waals surface area contributed by atoms with Gasteiger partial charge in [-0.05, 0) is 18.6 Å². The second kappa shape index (κ2) is 5.79. The zero-order valence-corrected chi connectivity index (χ0v) is 11.1. The quantitative estimate of drug-likeness (QED) is 0.785. The van der Waals surface area contributed by atoms with Gasteiger partial charge in [-0.15, -0.1) is 0 Å². The number of halogens is 4. The average Bonchev–Trinajstić information content (AvgIpc) is 2.24. The maximum atomic E-state index is 12.5. The highest BCUT2D eigenvalue weighted by Crippen LogP contribution is 2.39. The first-order chi connectivity index (χ1) is 8.62. The average molecular weight is 342 g/mol. The van der Waals surface area contributed by atoms with Crippen LogP contribution in [0.4, 0.5) is 13.2 Å². The number of alkyl halides is 3. The number of hydrogen-bond acceptors (Lipinski definition) is 3. The molecule has 1 unspecified atom stereocenters. The van der Waals surface area contributed by atoms with Crippen molar-refractivity contribution in [2.75, 3.05) is 0 Å². The number of aromatic hydroxyl groups is 1. The van der Waals surface area contributed by atoms with Gasteiger partial charge in [0.2, 0.25) is 0 Å². The fraction of sp³-hybridized carbons (Fsp3) is 0.364. The molecule has 0 aliphatic heterocycles. The molecule has 0 radical (unpaired) electrons. The van der Waals surface area contributed by atoms with Gasteiger partial charge in [0.25, 0.3) is 0 Å². The molecular formula is C11H11BrF3NO3. The molecule has 8 heteroatoms. The highest BCUT2D eigenvalue weighted by atomic mass is 79.9. The summed E-state index contributed by atoms with van der Waals surface area (Å²) < 4.78 is 37.5. The summed E-state index contributed by atoms with van der Waals surface area (Å²) in [6.07, 6.45) is -4.81. The molecule has 1 atom stereocenters. The maximum absolute atomic E-state index is 12.5. The number of carbonyl (C=O) groups is 1. The third kappa shape index (κ3) is 4.10. The van der Waals surface area contributed by atoms with Crippen LogP contribution in [0.1, 0.15) is 30.0 Å².